The van der Waals surface area contributed by atoms with Crippen LogP contribution in [0.5, 0.6) is 5.75 Å². The number of amides is 1. The summed E-state index contributed by atoms with van der Waals surface area (Å²) in [7, 11) is 1.36. The minimum Gasteiger partial charge on any atom is -0.494 e. The molecule has 0 fully saturated rings. The number of carbonyl (C=O) groups excluding carboxylic acids is 1. The maximum atomic E-state index is 15.8. The Labute approximate surface area is 196 Å². The number of primary amides is 1. The summed E-state index contributed by atoms with van der Waals surface area (Å²) in [5, 5.41) is 3.57. The van der Waals surface area contributed by atoms with E-state index in [0.29, 0.717) is 23.3 Å². The molecule has 1 atom stereocenters. The van der Waals surface area contributed by atoms with Gasteiger partial charge in [-0.1, -0.05) is 24.4 Å². The molecule has 180 valence electrons. The van der Waals surface area contributed by atoms with Crippen LogP contribution in [0, 0.1) is 11.7 Å². The molecular formula is C24H28F2N6O2. The van der Waals surface area contributed by atoms with Gasteiger partial charge in [-0.3, -0.25) is 14.8 Å². The minimum absolute atomic E-state index is 0.0317. The van der Waals surface area contributed by atoms with E-state index in [4.69, 9.17) is 16.2 Å². The van der Waals surface area contributed by atoms with Crippen molar-refractivity contribution in [3.05, 3.63) is 60.3 Å². The highest BCUT2D eigenvalue weighted by molar-refractivity contribution is 5.93. The molecule has 10 heteroatoms. The first-order valence-corrected chi connectivity index (χ1v) is 10.7. The molecule has 0 radical (unpaired) electrons. The number of nitrogens with zero attached hydrogens (tertiary/aromatic N) is 3. The first-order chi connectivity index (χ1) is 16.2. The van der Waals surface area contributed by atoms with E-state index in [2.05, 4.69) is 29.1 Å². The molecule has 0 spiro atoms. The molecule has 0 saturated carbocycles. The van der Waals surface area contributed by atoms with Crippen molar-refractivity contribution in [1.82, 2.24) is 9.97 Å². The second-order valence-electron chi connectivity index (χ2n) is 8.19. The van der Waals surface area contributed by atoms with Crippen molar-refractivity contribution in [2.75, 3.05) is 24.1 Å². The molecule has 0 saturated heterocycles. The van der Waals surface area contributed by atoms with Crippen LogP contribution in [0.25, 0.3) is 11.3 Å². The molecule has 0 unspecified atom stereocenters. The lowest BCUT2D eigenvalue weighted by atomic mass is 10.0. The quantitative estimate of drug-likeness (QED) is 0.380. The van der Waals surface area contributed by atoms with Gasteiger partial charge in [-0.25, -0.2) is 4.39 Å². The highest BCUT2D eigenvalue weighted by atomic mass is 19.2. The summed E-state index contributed by atoms with van der Waals surface area (Å²) in [6.45, 7) is 4.43. The smallest absolute Gasteiger partial charge is 0.250 e. The molecular weight excluding hydrogens is 442 g/mol. The highest BCUT2D eigenvalue weighted by Gasteiger charge is 2.21. The molecule has 2 heterocycles. The van der Waals surface area contributed by atoms with Crippen LogP contribution >= 0.6 is 0 Å². The third-order valence-corrected chi connectivity index (χ3v) is 5.19. The van der Waals surface area contributed by atoms with Crippen molar-refractivity contribution >= 4 is 23.0 Å². The van der Waals surface area contributed by atoms with Gasteiger partial charge in [0.2, 0.25) is 5.91 Å². The van der Waals surface area contributed by atoms with E-state index >= 15 is 4.48 Å². The Bertz CT molecular complexity index is 1160. The van der Waals surface area contributed by atoms with Gasteiger partial charge in [-0.05, 0) is 36.6 Å². The van der Waals surface area contributed by atoms with Crippen LogP contribution < -0.4 is 26.6 Å². The molecule has 3 rings (SSSR count). The van der Waals surface area contributed by atoms with E-state index < -0.39 is 11.7 Å². The molecule has 3 aromatic rings. The fourth-order valence-corrected chi connectivity index (χ4v) is 3.54. The van der Waals surface area contributed by atoms with E-state index in [0.717, 1.165) is 6.42 Å². The number of pyridine rings is 2. The fourth-order valence-electron chi connectivity index (χ4n) is 3.54. The molecule has 5 N–H and O–H groups in total. The van der Waals surface area contributed by atoms with Gasteiger partial charge in [0.15, 0.2) is 11.6 Å². The Morgan fingerprint density at radius 3 is 2.65 bits per heavy atom. The third kappa shape index (κ3) is 5.57. The Balaban J connectivity index is 2.11. The Kier molecular flexibility index (Phi) is 7.95. The maximum Gasteiger partial charge on any atom is 0.250 e. The summed E-state index contributed by atoms with van der Waals surface area (Å²) < 4.78 is 35.7. The summed E-state index contributed by atoms with van der Waals surface area (Å²) >= 11 is 0. The molecule has 1 aromatic carbocycles. The molecule has 0 aliphatic carbocycles. The van der Waals surface area contributed by atoms with E-state index in [9.17, 15) is 9.18 Å². The third-order valence-electron chi connectivity index (χ3n) is 5.19. The molecule has 0 aliphatic rings. The minimum atomic E-state index is -0.741. The van der Waals surface area contributed by atoms with Crippen molar-refractivity contribution in [2.45, 2.75) is 26.3 Å². The molecule has 34 heavy (non-hydrogen) atoms. The van der Waals surface area contributed by atoms with Gasteiger partial charge in [0.1, 0.15) is 5.69 Å². The molecule has 0 bridgehead atoms. The van der Waals surface area contributed by atoms with Gasteiger partial charge in [0.05, 0.1) is 42.1 Å². The van der Waals surface area contributed by atoms with Crippen LogP contribution in [0.2, 0.25) is 0 Å². The predicted octanol–water partition coefficient (Wildman–Crippen LogP) is 4.20. The second-order valence-corrected chi connectivity index (χ2v) is 8.19. The molecule has 2 aromatic heterocycles. The maximum absolute atomic E-state index is 15.8. The standard InChI is InChI=1S/C24H28F2N6O2/c1-14(2)7-16(10-27)31-20-13-30-19(18-5-4-6-22(34-3)23(18)25)9-21(20)32(26)17-8-15(24(28)33)11-29-12-17/h4-6,8-9,11-14,16,31H,7,10,27H2,1-3H3,(H2,28,33)/t16-/m1/s1. The zero-order valence-electron chi connectivity index (χ0n) is 19.3. The summed E-state index contributed by atoms with van der Waals surface area (Å²) in [6, 6.07) is 7.15. The first kappa shape index (κ1) is 24.8. The normalized spacial score (nSPS) is 11.9. The van der Waals surface area contributed by atoms with Gasteiger partial charge in [0.25, 0.3) is 0 Å². The number of hydrogen-bond acceptors (Lipinski definition) is 7. The van der Waals surface area contributed by atoms with E-state index in [-0.39, 0.29) is 40.0 Å². The summed E-state index contributed by atoms with van der Waals surface area (Å²) in [5.74, 6) is -0.971. The Morgan fingerprint density at radius 2 is 2.00 bits per heavy atom. The van der Waals surface area contributed by atoms with Crippen molar-refractivity contribution in [1.29, 1.82) is 0 Å². The van der Waals surface area contributed by atoms with Crippen LogP contribution in [0.3, 0.4) is 0 Å². The summed E-state index contributed by atoms with van der Waals surface area (Å²) in [4.78, 5) is 19.8. The fraction of sp³-hybridized carbons (Fsp3) is 0.292. The van der Waals surface area contributed by atoms with Gasteiger partial charge in [-0.15, -0.1) is 0 Å². The molecule has 8 nitrogen and oxygen atoms in total. The van der Waals surface area contributed by atoms with E-state index in [1.807, 2.05) is 0 Å². The Morgan fingerprint density at radius 1 is 1.24 bits per heavy atom. The van der Waals surface area contributed by atoms with Crippen LogP contribution in [-0.4, -0.2) is 35.6 Å². The van der Waals surface area contributed by atoms with Crippen molar-refractivity contribution in [3.63, 3.8) is 0 Å². The van der Waals surface area contributed by atoms with Gasteiger partial charge >= 0.3 is 0 Å². The molecule has 0 aliphatic heterocycles. The number of benzene rings is 1. The number of rotatable bonds is 10. The predicted molar refractivity (Wildman–Crippen MR) is 128 cm³/mol. The number of hydrogen-bond donors (Lipinski definition) is 3. The zero-order valence-corrected chi connectivity index (χ0v) is 19.3. The van der Waals surface area contributed by atoms with E-state index in [1.54, 1.807) is 6.07 Å². The van der Waals surface area contributed by atoms with Gasteiger partial charge in [-0.2, -0.15) is 5.12 Å². The number of nitrogens with two attached hydrogens (primary N) is 2. The number of nitrogens with one attached hydrogen (secondary N) is 1. The molecule has 1 amide bonds. The second kappa shape index (κ2) is 10.9. The lowest BCUT2D eigenvalue weighted by molar-refractivity contribution is 0.1000. The van der Waals surface area contributed by atoms with Crippen molar-refractivity contribution in [3.8, 4) is 17.0 Å². The van der Waals surface area contributed by atoms with E-state index in [1.165, 1.54) is 50.0 Å². The zero-order chi connectivity index (χ0) is 24.8. The topological polar surface area (TPSA) is 119 Å². The number of anilines is 3. The lowest BCUT2D eigenvalue weighted by Gasteiger charge is -2.24. The van der Waals surface area contributed by atoms with Gasteiger partial charge < -0.3 is 21.5 Å². The van der Waals surface area contributed by atoms with Gasteiger partial charge in [0, 0.05) is 24.3 Å². The van der Waals surface area contributed by atoms with Crippen molar-refractivity contribution in [2.24, 2.45) is 17.4 Å². The average Bonchev–Trinajstić information content (AvgIpc) is 2.83. The SMILES string of the molecule is COc1cccc(-c2cc(N(F)c3cncc(C(N)=O)c3)c(N[C@@H](CN)CC(C)C)cn2)c1F. The number of carbonyl (C=O) groups is 1. The van der Waals surface area contributed by atoms with Crippen LogP contribution in [0.15, 0.2) is 48.9 Å². The monoisotopic (exact) mass is 470 g/mol. The van der Waals surface area contributed by atoms with Crippen LogP contribution in [0.4, 0.5) is 25.9 Å². The highest BCUT2D eigenvalue weighted by Crippen LogP contribution is 2.37. The Hall–Kier alpha value is -3.79. The van der Waals surface area contributed by atoms with Crippen LogP contribution in [-0.2, 0) is 0 Å². The summed E-state index contributed by atoms with van der Waals surface area (Å²) in [5.41, 5.74) is 12.0. The number of ether oxygens (including phenoxy) is 1. The van der Waals surface area contributed by atoms with Crippen molar-refractivity contribution < 1.29 is 18.4 Å². The average molecular weight is 471 g/mol. The largest absolute Gasteiger partial charge is 0.494 e. The number of aromatic nitrogens is 2. The number of halogens is 2. The van der Waals surface area contributed by atoms with Crippen LogP contribution in [0.1, 0.15) is 30.6 Å². The first-order valence-electron chi connectivity index (χ1n) is 10.7. The summed E-state index contributed by atoms with van der Waals surface area (Å²) in [6.07, 6.45) is 4.66. The lowest BCUT2D eigenvalue weighted by Crippen LogP contribution is -2.30. The number of methoxy groups -OCH3 is 1.